The molecule has 0 aliphatic heterocycles. The van der Waals surface area contributed by atoms with Crippen LogP contribution >= 0.6 is 22.7 Å². The molecule has 0 bridgehead atoms. The first-order valence-corrected chi connectivity index (χ1v) is 18.6. The fraction of sp³-hybridized carbons (Fsp3) is 0. The Morgan fingerprint density at radius 3 is 1.80 bits per heavy atom. The topological polar surface area (TPSA) is 43.6 Å². The second-order valence-electron chi connectivity index (χ2n) is 12.8. The molecule has 4 aromatic heterocycles. The first-order valence-electron chi connectivity index (χ1n) is 16.9. The highest BCUT2D eigenvalue weighted by molar-refractivity contribution is 7.26. The Morgan fingerprint density at radius 1 is 0.373 bits per heavy atom. The van der Waals surface area contributed by atoms with E-state index in [0.717, 1.165) is 27.9 Å². The highest BCUT2D eigenvalue weighted by Crippen LogP contribution is 2.41. The van der Waals surface area contributed by atoms with Gasteiger partial charge in [0.05, 0.1) is 11.0 Å². The summed E-state index contributed by atoms with van der Waals surface area (Å²) < 4.78 is 7.34. The molecule has 0 fully saturated rings. The second kappa shape index (κ2) is 11.2. The van der Waals surface area contributed by atoms with E-state index in [9.17, 15) is 0 Å². The zero-order valence-electron chi connectivity index (χ0n) is 27.1. The largest absolute Gasteiger partial charge is 0.309 e. The van der Waals surface area contributed by atoms with E-state index >= 15 is 0 Å². The molecular weight excluding hydrogens is 661 g/mol. The van der Waals surface area contributed by atoms with Crippen LogP contribution in [0.15, 0.2) is 158 Å². The van der Waals surface area contributed by atoms with Gasteiger partial charge in [-0.25, -0.2) is 15.0 Å². The highest BCUT2D eigenvalue weighted by atomic mass is 32.1. The minimum atomic E-state index is 0.647. The van der Waals surface area contributed by atoms with Crippen molar-refractivity contribution in [1.82, 2.24) is 19.5 Å². The molecule has 0 aliphatic carbocycles. The van der Waals surface area contributed by atoms with Gasteiger partial charge in [0.25, 0.3) is 0 Å². The minimum Gasteiger partial charge on any atom is -0.309 e. The Bertz CT molecular complexity index is 3150. The Labute approximate surface area is 300 Å². The van der Waals surface area contributed by atoms with Crippen LogP contribution in [0.2, 0.25) is 0 Å². The van der Waals surface area contributed by atoms with Crippen LogP contribution in [0.25, 0.3) is 102 Å². The number of nitrogens with zero attached hydrogens (tertiary/aromatic N) is 4. The van der Waals surface area contributed by atoms with Crippen LogP contribution in [-0.2, 0) is 0 Å². The summed E-state index contributed by atoms with van der Waals surface area (Å²) in [5.74, 6) is 1.98. The van der Waals surface area contributed by atoms with Crippen LogP contribution in [0.3, 0.4) is 0 Å². The summed E-state index contributed by atoms with van der Waals surface area (Å²) >= 11 is 3.62. The number of hydrogen-bond acceptors (Lipinski definition) is 5. The molecule has 0 N–H and O–H groups in total. The number of rotatable bonds is 4. The van der Waals surface area contributed by atoms with Gasteiger partial charge in [0.15, 0.2) is 17.5 Å². The van der Waals surface area contributed by atoms with Crippen molar-refractivity contribution < 1.29 is 0 Å². The number of thiophene rings is 2. The van der Waals surface area contributed by atoms with Gasteiger partial charge in [-0.05, 0) is 60.7 Å². The number of hydrogen-bond donors (Lipinski definition) is 0. The Kier molecular flexibility index (Phi) is 6.26. The summed E-state index contributed by atoms with van der Waals surface area (Å²) in [5, 5.41) is 7.28. The molecular formula is C45H26N4S2. The van der Waals surface area contributed by atoms with Gasteiger partial charge in [0.2, 0.25) is 0 Å². The lowest BCUT2D eigenvalue weighted by Gasteiger charge is -2.11. The van der Waals surface area contributed by atoms with Crippen molar-refractivity contribution >= 4 is 84.8 Å². The van der Waals surface area contributed by atoms with E-state index in [1.54, 1.807) is 11.3 Å². The first kappa shape index (κ1) is 28.6. The molecule has 0 radical (unpaired) electrons. The van der Waals surface area contributed by atoms with E-state index in [1.165, 1.54) is 56.6 Å². The summed E-state index contributed by atoms with van der Waals surface area (Å²) in [6.45, 7) is 0. The van der Waals surface area contributed by atoms with Gasteiger partial charge < -0.3 is 4.57 Å². The highest BCUT2D eigenvalue weighted by Gasteiger charge is 2.19. The molecule has 11 rings (SSSR count). The average Bonchev–Trinajstić information content (AvgIpc) is 3.87. The molecule has 0 atom stereocenters. The number of aromatic nitrogens is 4. The van der Waals surface area contributed by atoms with Crippen molar-refractivity contribution in [2.75, 3.05) is 0 Å². The lowest BCUT2D eigenvalue weighted by molar-refractivity contribution is 1.08. The van der Waals surface area contributed by atoms with Gasteiger partial charge in [-0.15, -0.1) is 22.7 Å². The van der Waals surface area contributed by atoms with E-state index in [0.29, 0.717) is 17.5 Å². The number of fused-ring (bicyclic) bond motifs is 9. The standard InChI is InChI=1S/C45H26N4S2/c1-2-11-29(12-3-1)49-36-17-7-4-13-30(36)31-23-21-28(26-37(31)49)44-46-43(27-22-24-40-35(25-27)32-14-5-8-18-38(32)50-40)47-45(48-44)34-16-10-20-41-42(34)33-15-6-9-19-39(33)51-41/h1-26H. The maximum atomic E-state index is 5.28. The number of benzene rings is 7. The molecule has 0 saturated heterocycles. The van der Waals surface area contributed by atoms with Gasteiger partial charge in [0, 0.05) is 73.5 Å². The van der Waals surface area contributed by atoms with Gasteiger partial charge in [-0.1, -0.05) is 97.1 Å². The molecule has 0 amide bonds. The van der Waals surface area contributed by atoms with Crippen LogP contribution < -0.4 is 0 Å². The molecule has 11 aromatic rings. The predicted octanol–water partition coefficient (Wildman–Crippen LogP) is 12.7. The second-order valence-corrected chi connectivity index (χ2v) is 15.0. The third-order valence-electron chi connectivity index (χ3n) is 9.86. The van der Waals surface area contributed by atoms with Crippen molar-refractivity contribution in [3.63, 3.8) is 0 Å². The average molecular weight is 687 g/mol. The van der Waals surface area contributed by atoms with Crippen LogP contribution in [0.5, 0.6) is 0 Å². The summed E-state index contributed by atoms with van der Waals surface area (Å²) in [7, 11) is 0. The van der Waals surface area contributed by atoms with Crippen LogP contribution in [-0.4, -0.2) is 19.5 Å². The molecule has 0 spiro atoms. The molecule has 4 heterocycles. The molecule has 6 heteroatoms. The number of para-hydroxylation sites is 2. The van der Waals surface area contributed by atoms with Gasteiger partial charge in [-0.2, -0.15) is 0 Å². The van der Waals surface area contributed by atoms with Crippen molar-refractivity contribution in [2.24, 2.45) is 0 Å². The summed E-state index contributed by atoms with van der Waals surface area (Å²) in [6, 6.07) is 56.0. The molecule has 51 heavy (non-hydrogen) atoms. The molecule has 0 unspecified atom stereocenters. The van der Waals surface area contributed by atoms with Gasteiger partial charge >= 0.3 is 0 Å². The lowest BCUT2D eigenvalue weighted by atomic mass is 10.0. The van der Waals surface area contributed by atoms with Gasteiger partial charge in [0.1, 0.15) is 0 Å². The predicted molar refractivity (Wildman–Crippen MR) is 216 cm³/mol. The SMILES string of the molecule is c1ccc(-n2c3ccccc3c3ccc(-c4nc(-c5ccc6sc7ccccc7c6c5)nc(-c5cccc6sc7ccccc7c56)n4)cc32)cc1. The molecule has 238 valence electrons. The lowest BCUT2D eigenvalue weighted by Crippen LogP contribution is -2.01. The smallest absolute Gasteiger partial charge is 0.164 e. The molecule has 0 aliphatic rings. The zero-order chi connectivity index (χ0) is 33.5. The fourth-order valence-corrected chi connectivity index (χ4v) is 9.76. The zero-order valence-corrected chi connectivity index (χ0v) is 28.7. The van der Waals surface area contributed by atoms with E-state index in [-0.39, 0.29) is 0 Å². The Morgan fingerprint density at radius 2 is 0.961 bits per heavy atom. The summed E-state index contributed by atoms with van der Waals surface area (Å²) in [4.78, 5) is 15.8. The van der Waals surface area contributed by atoms with E-state index in [2.05, 4.69) is 162 Å². The van der Waals surface area contributed by atoms with Crippen molar-refractivity contribution in [2.45, 2.75) is 0 Å². The van der Waals surface area contributed by atoms with Crippen molar-refractivity contribution in [1.29, 1.82) is 0 Å². The van der Waals surface area contributed by atoms with E-state index in [4.69, 9.17) is 15.0 Å². The van der Waals surface area contributed by atoms with Crippen LogP contribution in [0, 0.1) is 0 Å². The summed E-state index contributed by atoms with van der Waals surface area (Å²) in [6.07, 6.45) is 0. The fourth-order valence-electron chi connectivity index (χ4n) is 7.55. The molecule has 7 aromatic carbocycles. The Hall–Kier alpha value is -6.21. The summed E-state index contributed by atoms with van der Waals surface area (Å²) in [5.41, 5.74) is 6.32. The monoisotopic (exact) mass is 686 g/mol. The van der Waals surface area contributed by atoms with Gasteiger partial charge in [-0.3, -0.25) is 0 Å². The molecule has 0 saturated carbocycles. The third kappa shape index (κ3) is 4.47. The maximum absolute atomic E-state index is 5.28. The van der Waals surface area contributed by atoms with E-state index < -0.39 is 0 Å². The maximum Gasteiger partial charge on any atom is 0.164 e. The van der Waals surface area contributed by atoms with Crippen LogP contribution in [0.4, 0.5) is 0 Å². The minimum absolute atomic E-state index is 0.647. The quantitative estimate of drug-likeness (QED) is 0.185. The van der Waals surface area contributed by atoms with Crippen LogP contribution in [0.1, 0.15) is 0 Å². The van der Waals surface area contributed by atoms with Crippen molar-refractivity contribution in [3.05, 3.63) is 158 Å². The molecule has 4 nitrogen and oxygen atoms in total. The third-order valence-corrected chi connectivity index (χ3v) is 12.1. The Balaban J connectivity index is 1.19. The van der Waals surface area contributed by atoms with Crippen molar-refractivity contribution in [3.8, 4) is 39.9 Å². The normalized spacial score (nSPS) is 11.9. The van der Waals surface area contributed by atoms with E-state index in [1.807, 2.05) is 11.3 Å². The first-order chi connectivity index (χ1) is 25.3.